The third-order valence-electron chi connectivity index (χ3n) is 3.41. The standard InChI is InChI=1S/C12H21NO2S/c1-11(2,3)15-10(14)13-7-12(8-13)4-9(5-12)6-16/h9,16H,4-8H2,1-3H3. The van der Waals surface area contributed by atoms with Crippen LogP contribution in [0.4, 0.5) is 4.79 Å². The van der Waals surface area contributed by atoms with Crippen molar-refractivity contribution in [1.29, 1.82) is 0 Å². The Hall–Kier alpha value is -0.380. The highest BCUT2D eigenvalue weighted by Gasteiger charge is 2.53. The average Bonchev–Trinajstić information content (AvgIpc) is 1.95. The van der Waals surface area contributed by atoms with Crippen molar-refractivity contribution in [3.05, 3.63) is 0 Å². The number of hydrogen-bond donors (Lipinski definition) is 1. The normalized spacial score (nSPS) is 23.9. The molecule has 1 saturated heterocycles. The van der Waals surface area contributed by atoms with E-state index >= 15 is 0 Å². The number of carbonyl (C=O) groups excluding carboxylic acids is 1. The molecule has 0 unspecified atom stereocenters. The first-order valence-corrected chi connectivity index (χ1v) is 6.56. The maximum absolute atomic E-state index is 11.7. The molecule has 92 valence electrons. The first-order valence-electron chi connectivity index (χ1n) is 5.92. The summed E-state index contributed by atoms with van der Waals surface area (Å²) in [5.41, 5.74) is 0.0391. The van der Waals surface area contributed by atoms with Crippen molar-refractivity contribution >= 4 is 18.7 Å². The van der Waals surface area contributed by atoms with E-state index in [0.29, 0.717) is 5.41 Å². The summed E-state index contributed by atoms with van der Waals surface area (Å²) in [4.78, 5) is 13.5. The smallest absolute Gasteiger partial charge is 0.410 e. The van der Waals surface area contributed by atoms with Crippen LogP contribution in [0.15, 0.2) is 0 Å². The van der Waals surface area contributed by atoms with E-state index in [9.17, 15) is 4.79 Å². The summed E-state index contributed by atoms with van der Waals surface area (Å²) < 4.78 is 5.33. The lowest BCUT2D eigenvalue weighted by Gasteiger charge is -2.58. The summed E-state index contributed by atoms with van der Waals surface area (Å²) in [6.07, 6.45) is 2.30. The number of likely N-dealkylation sites (tertiary alicyclic amines) is 1. The third kappa shape index (κ3) is 2.31. The van der Waals surface area contributed by atoms with Crippen LogP contribution in [-0.4, -0.2) is 35.4 Å². The molecule has 4 heteroatoms. The van der Waals surface area contributed by atoms with E-state index in [1.165, 1.54) is 12.8 Å². The number of amides is 1. The van der Waals surface area contributed by atoms with Gasteiger partial charge in [0.15, 0.2) is 0 Å². The topological polar surface area (TPSA) is 29.5 Å². The van der Waals surface area contributed by atoms with Gasteiger partial charge >= 0.3 is 6.09 Å². The van der Waals surface area contributed by atoms with E-state index in [1.54, 1.807) is 0 Å². The third-order valence-corrected chi connectivity index (χ3v) is 3.92. The van der Waals surface area contributed by atoms with E-state index in [2.05, 4.69) is 12.6 Å². The van der Waals surface area contributed by atoms with Crippen molar-refractivity contribution < 1.29 is 9.53 Å². The van der Waals surface area contributed by atoms with Crippen molar-refractivity contribution in [3.8, 4) is 0 Å². The molecule has 3 nitrogen and oxygen atoms in total. The Kier molecular flexibility index (Phi) is 2.89. The fourth-order valence-corrected chi connectivity index (χ4v) is 3.03. The first kappa shape index (κ1) is 12.1. The van der Waals surface area contributed by atoms with Gasteiger partial charge in [-0.15, -0.1) is 0 Å². The minimum atomic E-state index is -0.382. The fraction of sp³-hybridized carbons (Fsp3) is 0.917. The monoisotopic (exact) mass is 243 g/mol. The highest BCUT2D eigenvalue weighted by atomic mass is 32.1. The summed E-state index contributed by atoms with van der Waals surface area (Å²) in [6, 6.07) is 0. The second-order valence-corrected chi connectivity index (χ2v) is 6.66. The number of rotatable bonds is 1. The van der Waals surface area contributed by atoms with Gasteiger partial charge in [-0.25, -0.2) is 4.79 Å². The molecule has 1 aliphatic carbocycles. The second kappa shape index (κ2) is 3.83. The molecule has 1 amide bonds. The minimum Gasteiger partial charge on any atom is -0.444 e. The Labute approximate surface area is 103 Å². The van der Waals surface area contributed by atoms with Crippen LogP contribution in [0.5, 0.6) is 0 Å². The first-order chi connectivity index (χ1) is 7.34. The highest BCUT2D eigenvalue weighted by molar-refractivity contribution is 7.80. The molecule has 0 bridgehead atoms. The van der Waals surface area contributed by atoms with Crippen LogP contribution in [0.1, 0.15) is 33.6 Å². The van der Waals surface area contributed by atoms with Gasteiger partial charge in [-0.2, -0.15) is 12.6 Å². The quantitative estimate of drug-likeness (QED) is 0.717. The van der Waals surface area contributed by atoms with Crippen LogP contribution < -0.4 is 0 Å². The number of ether oxygens (including phenoxy) is 1. The predicted octanol–water partition coefficient (Wildman–Crippen LogP) is 2.56. The van der Waals surface area contributed by atoms with Crippen molar-refractivity contribution in [2.45, 2.75) is 39.2 Å². The molecule has 0 atom stereocenters. The van der Waals surface area contributed by atoms with Gasteiger partial charge in [0, 0.05) is 18.5 Å². The van der Waals surface area contributed by atoms with Crippen molar-refractivity contribution in [2.24, 2.45) is 11.3 Å². The SMILES string of the molecule is CC(C)(C)OC(=O)N1CC2(CC(CS)C2)C1. The second-order valence-electron chi connectivity index (χ2n) is 6.29. The lowest BCUT2D eigenvalue weighted by molar-refractivity contribution is -0.0898. The summed E-state index contributed by atoms with van der Waals surface area (Å²) in [7, 11) is 0. The molecule has 2 rings (SSSR count). The number of nitrogens with zero attached hydrogens (tertiary/aromatic N) is 1. The van der Waals surface area contributed by atoms with Gasteiger partial charge in [0.1, 0.15) is 5.60 Å². The number of carbonyl (C=O) groups is 1. The Morgan fingerprint density at radius 2 is 2.00 bits per heavy atom. The van der Waals surface area contributed by atoms with Gasteiger partial charge in [0.25, 0.3) is 0 Å². The molecule has 1 spiro atoms. The van der Waals surface area contributed by atoms with Gasteiger partial charge in [0.05, 0.1) is 0 Å². The van der Waals surface area contributed by atoms with Crippen LogP contribution >= 0.6 is 12.6 Å². The lowest BCUT2D eigenvalue weighted by Crippen LogP contribution is -2.64. The van der Waals surface area contributed by atoms with Crippen LogP contribution in [-0.2, 0) is 4.74 Å². The Balaban J connectivity index is 1.75. The molecule has 0 aromatic rings. The van der Waals surface area contributed by atoms with Crippen molar-refractivity contribution in [2.75, 3.05) is 18.8 Å². The van der Waals surface area contributed by atoms with E-state index < -0.39 is 0 Å². The van der Waals surface area contributed by atoms with Gasteiger partial charge in [-0.05, 0) is 45.3 Å². The molecule has 1 aliphatic heterocycles. The Morgan fingerprint density at radius 1 is 1.44 bits per heavy atom. The van der Waals surface area contributed by atoms with E-state index in [0.717, 1.165) is 24.8 Å². The fourth-order valence-electron chi connectivity index (χ4n) is 2.77. The molecule has 1 heterocycles. The summed E-state index contributed by atoms with van der Waals surface area (Å²) in [5, 5.41) is 0. The molecule has 2 fully saturated rings. The molecule has 0 aromatic carbocycles. The largest absolute Gasteiger partial charge is 0.444 e. The molecular formula is C12H21NO2S. The molecule has 16 heavy (non-hydrogen) atoms. The zero-order valence-electron chi connectivity index (χ0n) is 10.3. The molecule has 1 saturated carbocycles. The van der Waals surface area contributed by atoms with Crippen LogP contribution in [0.25, 0.3) is 0 Å². The van der Waals surface area contributed by atoms with Crippen molar-refractivity contribution in [3.63, 3.8) is 0 Å². The maximum atomic E-state index is 11.7. The van der Waals surface area contributed by atoms with E-state index in [1.807, 2.05) is 25.7 Å². The van der Waals surface area contributed by atoms with Gasteiger partial charge in [-0.3, -0.25) is 0 Å². The minimum absolute atomic E-state index is 0.160. The van der Waals surface area contributed by atoms with E-state index in [4.69, 9.17) is 4.74 Å². The van der Waals surface area contributed by atoms with Crippen molar-refractivity contribution in [1.82, 2.24) is 4.90 Å². The molecule has 0 aromatic heterocycles. The van der Waals surface area contributed by atoms with Crippen LogP contribution in [0.2, 0.25) is 0 Å². The van der Waals surface area contributed by atoms with Crippen LogP contribution in [0.3, 0.4) is 0 Å². The molecular weight excluding hydrogens is 222 g/mol. The van der Waals surface area contributed by atoms with Gasteiger partial charge in [-0.1, -0.05) is 0 Å². The highest BCUT2D eigenvalue weighted by Crippen LogP contribution is 2.52. The summed E-state index contributed by atoms with van der Waals surface area (Å²) in [6.45, 7) is 7.47. The zero-order chi connectivity index (χ0) is 12.0. The number of hydrogen-bond acceptors (Lipinski definition) is 3. The Morgan fingerprint density at radius 3 is 2.44 bits per heavy atom. The predicted molar refractivity (Wildman–Crippen MR) is 66.8 cm³/mol. The van der Waals surface area contributed by atoms with Crippen LogP contribution in [0, 0.1) is 11.3 Å². The number of thiol groups is 1. The molecule has 0 radical (unpaired) electrons. The molecule has 0 N–H and O–H groups in total. The van der Waals surface area contributed by atoms with E-state index in [-0.39, 0.29) is 11.7 Å². The maximum Gasteiger partial charge on any atom is 0.410 e. The van der Waals surface area contributed by atoms with Gasteiger partial charge in [0.2, 0.25) is 0 Å². The summed E-state index contributed by atoms with van der Waals surface area (Å²) in [5.74, 6) is 1.75. The zero-order valence-corrected chi connectivity index (χ0v) is 11.2. The van der Waals surface area contributed by atoms with Gasteiger partial charge < -0.3 is 9.64 Å². The Bertz CT molecular complexity index is 284. The summed E-state index contributed by atoms with van der Waals surface area (Å²) >= 11 is 4.30. The lowest BCUT2D eigenvalue weighted by atomic mass is 9.58. The average molecular weight is 243 g/mol. The molecule has 2 aliphatic rings.